The number of nitrogens with one attached hydrogen (secondary N) is 1. The van der Waals surface area contributed by atoms with E-state index >= 15 is 0 Å². The Bertz CT molecular complexity index is 853. The van der Waals surface area contributed by atoms with E-state index < -0.39 is 4.92 Å². The van der Waals surface area contributed by atoms with Gasteiger partial charge in [0.1, 0.15) is 11.8 Å². The quantitative estimate of drug-likeness (QED) is 0.603. The van der Waals surface area contributed by atoms with Crippen molar-refractivity contribution in [2.75, 3.05) is 12.4 Å². The summed E-state index contributed by atoms with van der Waals surface area (Å²) in [5, 5.41) is 15.8. The van der Waals surface area contributed by atoms with Gasteiger partial charge in [0.2, 0.25) is 0 Å². The molecule has 0 unspecified atom stereocenters. The molecule has 0 heterocycles. The second-order valence-corrected chi connectivity index (χ2v) is 6.81. The molecule has 3 N–H and O–H groups in total. The predicted octanol–water partition coefficient (Wildman–Crippen LogP) is 2.57. The minimum Gasteiger partial charge on any atom is -0.494 e. The summed E-state index contributed by atoms with van der Waals surface area (Å²) in [5.74, 6) is 0.109. The van der Waals surface area contributed by atoms with Gasteiger partial charge in [-0.3, -0.25) is 14.9 Å². The Labute approximate surface area is 157 Å². The van der Waals surface area contributed by atoms with Crippen LogP contribution in [0.4, 0.5) is 11.4 Å². The average molecular weight is 370 g/mol. The number of carbonyl (C=O) groups excluding carboxylic acids is 1. The fraction of sp³-hybridized carbons (Fsp3) is 0.350. The van der Waals surface area contributed by atoms with Gasteiger partial charge in [0.15, 0.2) is 6.04 Å². The monoisotopic (exact) mass is 370 g/mol. The Hall–Kier alpha value is -2.93. The molecule has 0 saturated heterocycles. The lowest BCUT2D eigenvalue weighted by molar-refractivity contribution is -0.714. The lowest BCUT2D eigenvalue weighted by atomic mass is 9.87. The number of nitro groups is 1. The standard InChI is InChI=1S/C20H23N3O4/c1-13(21-17-9-5-7-14-6-3-4-8-16(14)17)20(24)22-18-11-10-15(23(25)26)12-19(18)27-2/h3-4,6,8,10-13,17,21H,5,7,9H2,1-2H3,(H,22,24)/p+1/t13-,17-/m1/s1. The van der Waals surface area contributed by atoms with Gasteiger partial charge in [0, 0.05) is 18.1 Å². The van der Waals surface area contributed by atoms with Crippen LogP contribution in [0.25, 0.3) is 0 Å². The fourth-order valence-corrected chi connectivity index (χ4v) is 3.57. The van der Waals surface area contributed by atoms with Crippen LogP contribution in [-0.4, -0.2) is 24.0 Å². The SMILES string of the molecule is COc1cc([N+](=O)[O-])ccc1NC(=O)[C@@H](C)[NH2+][C@@H]1CCCc2ccccc21. The van der Waals surface area contributed by atoms with Crippen LogP contribution >= 0.6 is 0 Å². The van der Waals surface area contributed by atoms with Gasteiger partial charge in [-0.2, -0.15) is 0 Å². The highest BCUT2D eigenvalue weighted by Crippen LogP contribution is 2.29. The van der Waals surface area contributed by atoms with Gasteiger partial charge in [-0.1, -0.05) is 24.3 Å². The summed E-state index contributed by atoms with van der Waals surface area (Å²) >= 11 is 0. The van der Waals surface area contributed by atoms with Crippen molar-refractivity contribution < 1.29 is 19.8 Å². The van der Waals surface area contributed by atoms with Crippen molar-refractivity contribution in [2.24, 2.45) is 0 Å². The zero-order valence-corrected chi connectivity index (χ0v) is 15.5. The Balaban J connectivity index is 1.69. The number of fused-ring (bicyclic) bond motifs is 1. The largest absolute Gasteiger partial charge is 0.494 e. The lowest BCUT2D eigenvalue weighted by Gasteiger charge is -2.26. The van der Waals surface area contributed by atoms with Crippen LogP contribution in [0.1, 0.15) is 36.9 Å². The molecule has 2 aromatic carbocycles. The van der Waals surface area contributed by atoms with Gasteiger partial charge in [0.05, 0.1) is 23.8 Å². The molecule has 7 nitrogen and oxygen atoms in total. The van der Waals surface area contributed by atoms with Crippen LogP contribution < -0.4 is 15.4 Å². The number of nitro benzene ring substituents is 1. The molecule has 2 aromatic rings. The van der Waals surface area contributed by atoms with Crippen molar-refractivity contribution in [1.82, 2.24) is 0 Å². The van der Waals surface area contributed by atoms with E-state index in [4.69, 9.17) is 4.74 Å². The molecule has 3 rings (SSSR count). The molecular formula is C20H24N3O4+. The Kier molecular flexibility index (Phi) is 5.71. The summed E-state index contributed by atoms with van der Waals surface area (Å²) in [6, 6.07) is 12.5. The van der Waals surface area contributed by atoms with Crippen molar-refractivity contribution in [3.8, 4) is 5.75 Å². The van der Waals surface area contributed by atoms with E-state index in [9.17, 15) is 14.9 Å². The summed E-state index contributed by atoms with van der Waals surface area (Å²) < 4.78 is 5.18. The first-order chi connectivity index (χ1) is 13.0. The zero-order valence-electron chi connectivity index (χ0n) is 15.5. The third-order valence-electron chi connectivity index (χ3n) is 5.00. The number of rotatable bonds is 6. The average Bonchev–Trinajstić information content (AvgIpc) is 2.68. The highest BCUT2D eigenvalue weighted by Gasteiger charge is 2.27. The molecule has 0 aromatic heterocycles. The number of nitrogens with two attached hydrogens (primary N) is 1. The number of hydrogen-bond acceptors (Lipinski definition) is 4. The van der Waals surface area contributed by atoms with Crippen LogP contribution in [0, 0.1) is 10.1 Å². The minimum atomic E-state index is -0.495. The molecule has 1 aliphatic carbocycles. The maximum atomic E-state index is 12.7. The van der Waals surface area contributed by atoms with E-state index in [1.165, 1.54) is 36.4 Å². The van der Waals surface area contributed by atoms with Crippen LogP contribution in [0.3, 0.4) is 0 Å². The maximum absolute atomic E-state index is 12.7. The molecule has 0 radical (unpaired) electrons. The first-order valence-electron chi connectivity index (χ1n) is 9.05. The van der Waals surface area contributed by atoms with Gasteiger partial charge in [0.25, 0.3) is 11.6 Å². The van der Waals surface area contributed by atoms with Gasteiger partial charge >= 0.3 is 0 Å². The van der Waals surface area contributed by atoms with E-state index in [0.29, 0.717) is 5.69 Å². The van der Waals surface area contributed by atoms with Crippen molar-refractivity contribution >= 4 is 17.3 Å². The summed E-state index contributed by atoms with van der Waals surface area (Å²) in [4.78, 5) is 23.0. The Morgan fingerprint density at radius 3 is 2.85 bits per heavy atom. The summed E-state index contributed by atoms with van der Waals surface area (Å²) in [6.07, 6.45) is 3.24. The number of aryl methyl sites for hydroxylation is 1. The smallest absolute Gasteiger partial charge is 0.282 e. The number of anilines is 1. The van der Waals surface area contributed by atoms with E-state index in [0.717, 1.165) is 19.3 Å². The Morgan fingerprint density at radius 1 is 1.33 bits per heavy atom. The van der Waals surface area contributed by atoms with E-state index in [1.54, 1.807) is 0 Å². The number of quaternary nitrogens is 1. The Morgan fingerprint density at radius 2 is 2.11 bits per heavy atom. The topological polar surface area (TPSA) is 98.1 Å². The summed E-state index contributed by atoms with van der Waals surface area (Å²) in [6.45, 7) is 1.87. The number of hydrogen-bond donors (Lipinski definition) is 2. The molecule has 1 aliphatic rings. The third-order valence-corrected chi connectivity index (χ3v) is 5.00. The van der Waals surface area contributed by atoms with E-state index in [1.807, 2.05) is 13.0 Å². The van der Waals surface area contributed by atoms with Crippen molar-refractivity contribution in [2.45, 2.75) is 38.3 Å². The third kappa shape index (κ3) is 4.25. The molecule has 0 aliphatic heterocycles. The van der Waals surface area contributed by atoms with Gasteiger partial charge in [-0.25, -0.2) is 0 Å². The molecule has 27 heavy (non-hydrogen) atoms. The van der Waals surface area contributed by atoms with Gasteiger partial charge in [-0.05, 0) is 31.4 Å². The number of ether oxygens (including phenoxy) is 1. The predicted molar refractivity (Wildman–Crippen MR) is 102 cm³/mol. The molecule has 0 spiro atoms. The van der Waals surface area contributed by atoms with Crippen LogP contribution in [-0.2, 0) is 11.2 Å². The van der Waals surface area contributed by atoms with Crippen LogP contribution in [0.5, 0.6) is 5.75 Å². The molecule has 0 bridgehead atoms. The molecular weight excluding hydrogens is 346 g/mol. The second-order valence-electron chi connectivity index (χ2n) is 6.81. The first kappa shape index (κ1) is 18.8. The normalized spacial score (nSPS) is 16.9. The zero-order chi connectivity index (χ0) is 19.4. The van der Waals surface area contributed by atoms with Crippen LogP contribution in [0.15, 0.2) is 42.5 Å². The fourth-order valence-electron chi connectivity index (χ4n) is 3.57. The highest BCUT2D eigenvalue weighted by molar-refractivity contribution is 5.95. The number of carbonyl (C=O) groups is 1. The number of amides is 1. The first-order valence-corrected chi connectivity index (χ1v) is 9.05. The van der Waals surface area contributed by atoms with Crippen molar-refractivity contribution in [3.05, 3.63) is 63.7 Å². The summed E-state index contributed by atoms with van der Waals surface area (Å²) in [5.41, 5.74) is 3.01. The number of benzene rings is 2. The van der Waals surface area contributed by atoms with Gasteiger partial charge < -0.3 is 15.4 Å². The van der Waals surface area contributed by atoms with E-state index in [2.05, 4.69) is 28.8 Å². The lowest BCUT2D eigenvalue weighted by Crippen LogP contribution is -2.92. The molecule has 2 atom stereocenters. The number of non-ortho nitro benzene ring substituents is 1. The van der Waals surface area contributed by atoms with E-state index in [-0.39, 0.29) is 29.4 Å². The second kappa shape index (κ2) is 8.18. The molecule has 7 heteroatoms. The molecule has 0 saturated carbocycles. The molecule has 1 amide bonds. The number of methoxy groups -OCH3 is 1. The highest BCUT2D eigenvalue weighted by atomic mass is 16.6. The molecule has 142 valence electrons. The number of nitrogens with zero attached hydrogens (tertiary/aromatic N) is 1. The maximum Gasteiger partial charge on any atom is 0.282 e. The van der Waals surface area contributed by atoms with Crippen molar-refractivity contribution in [1.29, 1.82) is 0 Å². The minimum absolute atomic E-state index is 0.0803. The van der Waals surface area contributed by atoms with Crippen LogP contribution in [0.2, 0.25) is 0 Å². The molecule has 0 fully saturated rings. The van der Waals surface area contributed by atoms with Crippen molar-refractivity contribution in [3.63, 3.8) is 0 Å². The van der Waals surface area contributed by atoms with Gasteiger partial charge in [-0.15, -0.1) is 0 Å². The summed E-state index contributed by atoms with van der Waals surface area (Å²) in [7, 11) is 1.42.